The predicted molar refractivity (Wildman–Crippen MR) is 37.3 cm³/mol. The molecule has 1 rings (SSSR count). The highest BCUT2D eigenvalue weighted by Crippen LogP contribution is 2.02. The molecule has 0 fully saturated rings. The molecule has 0 spiro atoms. The highest BCUT2D eigenvalue weighted by atomic mass is 32.1. The minimum atomic E-state index is 0.683. The Hall–Kier alpha value is -0.630. The highest BCUT2D eigenvalue weighted by Gasteiger charge is 1.99. The Kier molecular flexibility index (Phi) is 1.44. The average Bonchev–Trinajstić information content (AvgIpc) is 1.77. The van der Waals surface area contributed by atoms with E-state index in [0.29, 0.717) is 5.70 Å². The summed E-state index contributed by atoms with van der Waals surface area (Å²) >= 11 is 4.86. The number of hydrogen-bond acceptors (Lipinski definition) is 2. The summed E-state index contributed by atoms with van der Waals surface area (Å²) in [5.41, 5.74) is 6.10. The van der Waals surface area contributed by atoms with E-state index in [1.165, 1.54) is 0 Å². The largest absolute Gasteiger partial charge is 0.398 e. The SMILES string of the molecule is NC1=C[C]=CCC1=S. The van der Waals surface area contributed by atoms with Crippen molar-refractivity contribution < 1.29 is 0 Å². The molecule has 0 aliphatic heterocycles. The predicted octanol–water partition coefficient (Wildman–Crippen LogP) is 0.962. The summed E-state index contributed by atoms with van der Waals surface area (Å²) < 4.78 is 0. The van der Waals surface area contributed by atoms with Gasteiger partial charge in [-0.05, 0) is 12.2 Å². The Morgan fingerprint density at radius 1 is 1.75 bits per heavy atom. The van der Waals surface area contributed by atoms with Gasteiger partial charge >= 0.3 is 0 Å². The molecular formula is C6H6NS. The topological polar surface area (TPSA) is 26.0 Å². The molecule has 1 nitrogen and oxygen atoms in total. The lowest BCUT2D eigenvalue weighted by Crippen LogP contribution is -2.09. The van der Waals surface area contributed by atoms with E-state index in [1.54, 1.807) is 6.08 Å². The summed E-state index contributed by atoms with van der Waals surface area (Å²) in [4.78, 5) is 0.823. The van der Waals surface area contributed by atoms with Gasteiger partial charge < -0.3 is 5.73 Å². The fraction of sp³-hybridized carbons (Fsp3) is 0.167. The van der Waals surface area contributed by atoms with Gasteiger partial charge in [-0.1, -0.05) is 18.3 Å². The normalized spacial score (nSPS) is 18.5. The molecule has 0 aromatic carbocycles. The molecule has 0 aromatic rings. The molecule has 0 heterocycles. The third kappa shape index (κ3) is 0.954. The lowest BCUT2D eigenvalue weighted by Gasteiger charge is -2.01. The molecule has 0 saturated carbocycles. The van der Waals surface area contributed by atoms with E-state index in [9.17, 15) is 0 Å². The first kappa shape index (κ1) is 5.51. The molecule has 1 radical (unpaired) electrons. The van der Waals surface area contributed by atoms with Crippen LogP contribution in [0.3, 0.4) is 0 Å². The summed E-state index contributed by atoms with van der Waals surface area (Å²) in [5.74, 6) is 0. The van der Waals surface area contributed by atoms with Crippen molar-refractivity contribution in [3.8, 4) is 0 Å². The van der Waals surface area contributed by atoms with Crippen molar-refractivity contribution in [2.24, 2.45) is 5.73 Å². The lowest BCUT2D eigenvalue weighted by molar-refractivity contribution is 1.36. The second-order valence-electron chi connectivity index (χ2n) is 1.60. The minimum Gasteiger partial charge on any atom is -0.398 e. The summed E-state index contributed by atoms with van der Waals surface area (Å²) in [6, 6.07) is 0. The van der Waals surface area contributed by atoms with Gasteiger partial charge in [0.25, 0.3) is 0 Å². The van der Waals surface area contributed by atoms with Gasteiger partial charge in [0, 0.05) is 17.0 Å². The molecule has 8 heavy (non-hydrogen) atoms. The van der Waals surface area contributed by atoms with Crippen LogP contribution in [0.1, 0.15) is 6.42 Å². The molecule has 0 bridgehead atoms. The van der Waals surface area contributed by atoms with Crippen LogP contribution < -0.4 is 5.73 Å². The lowest BCUT2D eigenvalue weighted by atomic mass is 10.1. The zero-order chi connectivity index (χ0) is 5.98. The molecule has 2 N–H and O–H groups in total. The highest BCUT2D eigenvalue weighted by molar-refractivity contribution is 7.80. The van der Waals surface area contributed by atoms with Crippen LogP contribution in [-0.4, -0.2) is 4.86 Å². The van der Waals surface area contributed by atoms with Crippen LogP contribution >= 0.6 is 12.2 Å². The smallest absolute Gasteiger partial charge is 0.0465 e. The molecule has 41 valence electrons. The molecule has 0 unspecified atom stereocenters. The van der Waals surface area contributed by atoms with E-state index in [4.69, 9.17) is 18.0 Å². The van der Waals surface area contributed by atoms with Crippen molar-refractivity contribution >= 4 is 17.1 Å². The second-order valence-corrected chi connectivity index (χ2v) is 2.09. The Bertz CT molecular complexity index is 167. The molecule has 1 aliphatic carbocycles. The minimum absolute atomic E-state index is 0.683. The fourth-order valence-electron chi connectivity index (χ4n) is 0.499. The Morgan fingerprint density at radius 3 is 2.88 bits per heavy atom. The second kappa shape index (κ2) is 2.09. The van der Waals surface area contributed by atoms with Crippen LogP contribution in [0.25, 0.3) is 0 Å². The van der Waals surface area contributed by atoms with Gasteiger partial charge in [0.05, 0.1) is 0 Å². The maximum atomic E-state index is 5.42. The number of hydrogen-bond donors (Lipinski definition) is 1. The fourth-order valence-corrected chi connectivity index (χ4v) is 0.641. The van der Waals surface area contributed by atoms with Gasteiger partial charge in [-0.25, -0.2) is 0 Å². The van der Waals surface area contributed by atoms with Crippen LogP contribution in [0.2, 0.25) is 0 Å². The van der Waals surface area contributed by atoms with Crippen molar-refractivity contribution in [3.63, 3.8) is 0 Å². The quantitative estimate of drug-likeness (QED) is 0.487. The first-order valence-corrected chi connectivity index (χ1v) is 2.78. The maximum Gasteiger partial charge on any atom is 0.0465 e. The Balaban J connectivity index is 2.80. The third-order valence-corrected chi connectivity index (χ3v) is 1.37. The third-order valence-electron chi connectivity index (χ3n) is 0.966. The van der Waals surface area contributed by atoms with Crippen molar-refractivity contribution in [2.45, 2.75) is 6.42 Å². The maximum absolute atomic E-state index is 5.42. The van der Waals surface area contributed by atoms with Crippen LogP contribution in [0, 0.1) is 6.08 Å². The van der Waals surface area contributed by atoms with Gasteiger partial charge in [-0.2, -0.15) is 0 Å². The molecule has 0 saturated heterocycles. The summed E-state index contributed by atoms with van der Waals surface area (Å²) in [5, 5.41) is 0. The summed E-state index contributed by atoms with van der Waals surface area (Å²) in [6.45, 7) is 0. The standard InChI is InChI=1S/C6H6NS/c7-5-3-1-2-4-6(5)8/h2-3H,4,7H2. The van der Waals surface area contributed by atoms with Crippen molar-refractivity contribution in [1.82, 2.24) is 0 Å². The summed E-state index contributed by atoms with van der Waals surface area (Å²) in [6.07, 6.45) is 7.21. The number of nitrogens with two attached hydrogens (primary N) is 1. The number of rotatable bonds is 0. The van der Waals surface area contributed by atoms with E-state index < -0.39 is 0 Å². The Labute approximate surface area is 53.9 Å². The van der Waals surface area contributed by atoms with Gasteiger partial charge in [-0.15, -0.1) is 0 Å². The zero-order valence-corrected chi connectivity index (χ0v) is 5.16. The first-order chi connectivity index (χ1) is 3.80. The summed E-state index contributed by atoms with van der Waals surface area (Å²) in [7, 11) is 0. The van der Waals surface area contributed by atoms with E-state index in [1.807, 2.05) is 6.08 Å². The van der Waals surface area contributed by atoms with Gasteiger partial charge in [0.1, 0.15) is 0 Å². The average molecular weight is 124 g/mol. The van der Waals surface area contributed by atoms with Crippen LogP contribution in [0.4, 0.5) is 0 Å². The molecule has 0 amide bonds. The van der Waals surface area contributed by atoms with Crippen molar-refractivity contribution in [1.29, 1.82) is 0 Å². The Morgan fingerprint density at radius 2 is 2.50 bits per heavy atom. The van der Waals surface area contributed by atoms with Crippen LogP contribution in [0.5, 0.6) is 0 Å². The molecule has 0 atom stereocenters. The number of allylic oxidation sites excluding steroid dienone is 4. The van der Waals surface area contributed by atoms with E-state index >= 15 is 0 Å². The zero-order valence-electron chi connectivity index (χ0n) is 4.35. The van der Waals surface area contributed by atoms with E-state index in [2.05, 4.69) is 6.08 Å². The first-order valence-electron chi connectivity index (χ1n) is 2.37. The van der Waals surface area contributed by atoms with Crippen molar-refractivity contribution in [3.05, 3.63) is 23.9 Å². The van der Waals surface area contributed by atoms with Gasteiger partial charge in [-0.3, -0.25) is 0 Å². The van der Waals surface area contributed by atoms with Gasteiger partial charge in [0.2, 0.25) is 0 Å². The van der Waals surface area contributed by atoms with Crippen LogP contribution in [-0.2, 0) is 0 Å². The monoisotopic (exact) mass is 124 g/mol. The molecular weight excluding hydrogens is 118 g/mol. The van der Waals surface area contributed by atoms with E-state index in [-0.39, 0.29) is 0 Å². The molecule has 2 heteroatoms. The van der Waals surface area contributed by atoms with Gasteiger partial charge in [0.15, 0.2) is 0 Å². The van der Waals surface area contributed by atoms with E-state index in [0.717, 1.165) is 11.3 Å². The van der Waals surface area contributed by atoms with Crippen molar-refractivity contribution in [2.75, 3.05) is 0 Å². The number of thiocarbonyl (C=S) groups is 1. The molecule has 0 aromatic heterocycles. The molecule has 1 aliphatic rings. The van der Waals surface area contributed by atoms with Crippen LogP contribution in [0.15, 0.2) is 17.8 Å².